The standard InChI is InChI=1S/C13H19BrN2O2S/c14-9-6-7-19-12(9)8-15-13(18)16-10-4-2-1-3-5-11(10)17/h6-7,10-11,17H,1-5,8H2,(H2,15,16,18)/t10-,11-/m1/s1. The summed E-state index contributed by atoms with van der Waals surface area (Å²) in [6.45, 7) is 0.507. The highest BCUT2D eigenvalue weighted by Gasteiger charge is 2.22. The van der Waals surface area contributed by atoms with E-state index in [1.54, 1.807) is 11.3 Å². The highest BCUT2D eigenvalue weighted by Crippen LogP contribution is 2.22. The average molecular weight is 347 g/mol. The van der Waals surface area contributed by atoms with E-state index in [4.69, 9.17) is 0 Å². The number of nitrogens with one attached hydrogen (secondary N) is 2. The van der Waals surface area contributed by atoms with Gasteiger partial charge >= 0.3 is 6.03 Å². The summed E-state index contributed by atoms with van der Waals surface area (Å²) in [4.78, 5) is 12.9. The van der Waals surface area contributed by atoms with Crippen molar-refractivity contribution in [1.29, 1.82) is 0 Å². The fourth-order valence-corrected chi connectivity index (χ4v) is 3.72. The molecule has 0 unspecified atom stereocenters. The number of hydrogen-bond donors (Lipinski definition) is 3. The second-order valence-corrected chi connectivity index (χ2v) is 6.69. The first-order chi connectivity index (χ1) is 9.16. The lowest BCUT2D eigenvalue weighted by Crippen LogP contribution is -2.47. The summed E-state index contributed by atoms with van der Waals surface area (Å²) in [5.41, 5.74) is 0. The lowest BCUT2D eigenvalue weighted by molar-refractivity contribution is 0.122. The molecular weight excluding hydrogens is 328 g/mol. The van der Waals surface area contributed by atoms with Gasteiger partial charge in [0.2, 0.25) is 0 Å². The van der Waals surface area contributed by atoms with E-state index in [9.17, 15) is 9.90 Å². The Morgan fingerprint density at radius 3 is 2.95 bits per heavy atom. The van der Waals surface area contributed by atoms with E-state index in [1.807, 2.05) is 11.4 Å². The van der Waals surface area contributed by atoms with Crippen LogP contribution in [0, 0.1) is 0 Å². The first-order valence-electron chi connectivity index (χ1n) is 6.61. The molecule has 0 spiro atoms. The summed E-state index contributed by atoms with van der Waals surface area (Å²) >= 11 is 5.04. The molecule has 1 heterocycles. The molecule has 2 rings (SSSR count). The van der Waals surface area contributed by atoms with Crippen LogP contribution < -0.4 is 10.6 Å². The van der Waals surface area contributed by atoms with E-state index in [0.717, 1.165) is 41.5 Å². The van der Waals surface area contributed by atoms with Gasteiger partial charge in [-0.3, -0.25) is 0 Å². The van der Waals surface area contributed by atoms with Gasteiger partial charge in [0, 0.05) is 9.35 Å². The topological polar surface area (TPSA) is 61.4 Å². The Bertz CT molecular complexity index is 425. The van der Waals surface area contributed by atoms with E-state index < -0.39 is 6.10 Å². The minimum atomic E-state index is -0.415. The molecule has 0 saturated heterocycles. The number of halogens is 1. The Labute approximate surface area is 125 Å². The van der Waals surface area contributed by atoms with Crippen LogP contribution in [0.15, 0.2) is 15.9 Å². The van der Waals surface area contributed by atoms with E-state index in [2.05, 4.69) is 26.6 Å². The van der Waals surface area contributed by atoms with Crippen molar-refractivity contribution >= 4 is 33.3 Å². The molecule has 1 aliphatic rings. The van der Waals surface area contributed by atoms with Gasteiger partial charge in [-0.15, -0.1) is 11.3 Å². The molecule has 2 atom stereocenters. The van der Waals surface area contributed by atoms with Gasteiger partial charge in [-0.05, 0) is 40.2 Å². The van der Waals surface area contributed by atoms with Gasteiger partial charge in [0.15, 0.2) is 0 Å². The number of hydrogen-bond acceptors (Lipinski definition) is 3. The Kier molecular flexibility index (Phi) is 5.66. The van der Waals surface area contributed by atoms with Crippen molar-refractivity contribution in [3.8, 4) is 0 Å². The molecule has 1 aromatic rings. The Morgan fingerprint density at radius 2 is 2.21 bits per heavy atom. The molecule has 19 heavy (non-hydrogen) atoms. The fourth-order valence-electron chi connectivity index (χ4n) is 2.29. The Balaban J connectivity index is 1.78. The first kappa shape index (κ1) is 14.8. The maximum atomic E-state index is 11.8. The van der Waals surface area contributed by atoms with E-state index in [0.29, 0.717) is 6.54 Å². The molecule has 1 saturated carbocycles. The quantitative estimate of drug-likeness (QED) is 0.736. The molecule has 0 bridgehead atoms. The molecular formula is C13H19BrN2O2S. The summed E-state index contributed by atoms with van der Waals surface area (Å²) < 4.78 is 1.02. The molecule has 1 fully saturated rings. The number of amides is 2. The van der Waals surface area contributed by atoms with Crippen LogP contribution >= 0.6 is 27.3 Å². The zero-order valence-electron chi connectivity index (χ0n) is 10.7. The molecule has 6 heteroatoms. The largest absolute Gasteiger partial charge is 0.391 e. The minimum absolute atomic E-state index is 0.116. The van der Waals surface area contributed by atoms with E-state index in [1.165, 1.54) is 0 Å². The second-order valence-electron chi connectivity index (χ2n) is 4.83. The van der Waals surface area contributed by atoms with Crippen LogP contribution in [0.3, 0.4) is 0 Å². The monoisotopic (exact) mass is 346 g/mol. The van der Waals surface area contributed by atoms with Crippen LogP contribution in [0.5, 0.6) is 0 Å². The molecule has 4 nitrogen and oxygen atoms in total. The van der Waals surface area contributed by atoms with Gasteiger partial charge in [-0.1, -0.05) is 19.3 Å². The SMILES string of the molecule is O=C(NCc1sccc1Br)N[C@@H]1CCCCC[C@H]1O. The molecule has 2 amide bonds. The van der Waals surface area contributed by atoms with Crippen LogP contribution in [0.1, 0.15) is 37.0 Å². The third-order valence-corrected chi connectivity index (χ3v) is 5.32. The summed E-state index contributed by atoms with van der Waals surface area (Å²) in [6, 6.07) is 1.65. The number of urea groups is 1. The predicted molar refractivity (Wildman–Crippen MR) is 80.3 cm³/mol. The van der Waals surface area contributed by atoms with E-state index >= 15 is 0 Å². The Hall–Kier alpha value is -0.590. The number of aliphatic hydroxyl groups excluding tert-OH is 1. The number of thiophene rings is 1. The highest BCUT2D eigenvalue weighted by atomic mass is 79.9. The summed E-state index contributed by atoms with van der Waals surface area (Å²) in [5, 5.41) is 17.6. The number of aliphatic hydroxyl groups is 1. The normalized spacial score (nSPS) is 23.7. The minimum Gasteiger partial charge on any atom is -0.391 e. The van der Waals surface area contributed by atoms with Crippen LogP contribution in [-0.2, 0) is 6.54 Å². The lowest BCUT2D eigenvalue weighted by Gasteiger charge is -2.21. The second kappa shape index (κ2) is 7.26. The van der Waals surface area contributed by atoms with Crippen molar-refractivity contribution < 1.29 is 9.90 Å². The maximum absolute atomic E-state index is 11.8. The maximum Gasteiger partial charge on any atom is 0.315 e. The van der Waals surface area contributed by atoms with Crippen molar-refractivity contribution in [2.45, 2.75) is 50.8 Å². The number of carbonyl (C=O) groups is 1. The van der Waals surface area contributed by atoms with Crippen LogP contribution in [0.25, 0.3) is 0 Å². The van der Waals surface area contributed by atoms with Gasteiger partial charge in [0.1, 0.15) is 0 Å². The van der Waals surface area contributed by atoms with Crippen molar-refractivity contribution in [1.82, 2.24) is 10.6 Å². The van der Waals surface area contributed by atoms with E-state index in [-0.39, 0.29) is 12.1 Å². The van der Waals surface area contributed by atoms with Crippen molar-refractivity contribution in [3.63, 3.8) is 0 Å². The molecule has 1 aliphatic carbocycles. The summed E-state index contributed by atoms with van der Waals surface area (Å²) in [6.07, 6.45) is 4.47. The van der Waals surface area contributed by atoms with Gasteiger partial charge in [0.25, 0.3) is 0 Å². The average Bonchev–Trinajstić information content (AvgIpc) is 2.69. The zero-order valence-corrected chi connectivity index (χ0v) is 13.1. The molecule has 0 radical (unpaired) electrons. The molecule has 106 valence electrons. The van der Waals surface area contributed by atoms with Crippen LogP contribution in [-0.4, -0.2) is 23.3 Å². The van der Waals surface area contributed by atoms with Gasteiger partial charge in [-0.25, -0.2) is 4.79 Å². The fraction of sp³-hybridized carbons (Fsp3) is 0.615. The molecule has 0 aliphatic heterocycles. The first-order valence-corrected chi connectivity index (χ1v) is 8.28. The van der Waals surface area contributed by atoms with Crippen molar-refractivity contribution in [3.05, 3.63) is 20.8 Å². The third-order valence-electron chi connectivity index (χ3n) is 3.40. The van der Waals surface area contributed by atoms with Gasteiger partial charge in [-0.2, -0.15) is 0 Å². The Morgan fingerprint density at radius 1 is 1.42 bits per heavy atom. The van der Waals surface area contributed by atoms with Crippen molar-refractivity contribution in [2.75, 3.05) is 0 Å². The summed E-state index contributed by atoms with van der Waals surface area (Å²) in [7, 11) is 0. The molecule has 0 aromatic carbocycles. The van der Waals surface area contributed by atoms with Crippen LogP contribution in [0.2, 0.25) is 0 Å². The third kappa shape index (κ3) is 4.47. The molecule has 3 N–H and O–H groups in total. The van der Waals surface area contributed by atoms with Gasteiger partial charge in [0.05, 0.1) is 18.7 Å². The zero-order chi connectivity index (χ0) is 13.7. The number of rotatable bonds is 3. The lowest BCUT2D eigenvalue weighted by atomic mass is 10.1. The smallest absolute Gasteiger partial charge is 0.315 e. The highest BCUT2D eigenvalue weighted by molar-refractivity contribution is 9.10. The van der Waals surface area contributed by atoms with Crippen molar-refractivity contribution in [2.24, 2.45) is 0 Å². The summed E-state index contributed by atoms with van der Waals surface area (Å²) in [5.74, 6) is 0. The van der Waals surface area contributed by atoms with Gasteiger partial charge < -0.3 is 15.7 Å². The molecule has 1 aromatic heterocycles. The van der Waals surface area contributed by atoms with Crippen LogP contribution in [0.4, 0.5) is 4.79 Å². The predicted octanol–water partition coefficient (Wildman–Crippen LogP) is 3.00. The number of carbonyl (C=O) groups excluding carboxylic acids is 1.